The molecule has 0 bridgehead atoms. The Labute approximate surface area is 726 Å². The first-order chi connectivity index (χ1) is 56.1. The van der Waals surface area contributed by atoms with Crippen LogP contribution in [0.5, 0.6) is 0 Å². The predicted octanol–water partition coefficient (Wildman–Crippen LogP) is 28.7. The molecule has 18 nitrogen and oxygen atoms in total. The third-order valence-electron chi connectivity index (χ3n) is 17.7. The molecule has 117 heavy (non-hydrogen) atoms. The molecule has 15 aromatic rings. The molecule has 30 heteroatoms. The molecule has 14 aromatic carbocycles. The summed E-state index contributed by atoms with van der Waals surface area (Å²) in [5.74, 6) is 0. The van der Waals surface area contributed by atoms with Gasteiger partial charge in [0.1, 0.15) is 0 Å². The minimum absolute atomic E-state index is 0.00948. The number of nitro groups is 4. The first kappa shape index (κ1) is 85.4. The zero-order chi connectivity index (χ0) is 83.5. The lowest BCUT2D eigenvalue weighted by molar-refractivity contribution is -0.385. The number of fused-ring (bicyclic) bond motifs is 1. The molecule has 15 rings (SSSR count). The molecular formula is C87H61Cl7N10O8S5. The number of anilines is 5. The Balaban J connectivity index is 0.000000147. The predicted molar refractivity (Wildman–Crippen MR) is 487 cm³/mol. The number of non-ortho nitro benzene ring substituents is 2. The van der Waals surface area contributed by atoms with Crippen LogP contribution < -0.4 is 28.7 Å². The van der Waals surface area contributed by atoms with Crippen molar-refractivity contribution in [3.63, 3.8) is 0 Å². The molecule has 0 atom stereocenters. The monoisotopic (exact) mass is 1780 g/mol. The molecule has 0 fully saturated rings. The van der Waals surface area contributed by atoms with E-state index in [1.807, 2.05) is 103 Å². The van der Waals surface area contributed by atoms with Crippen molar-refractivity contribution < 1.29 is 19.7 Å². The second kappa shape index (κ2) is 38.4. The fourth-order valence-electron chi connectivity index (χ4n) is 12.1. The van der Waals surface area contributed by atoms with Crippen LogP contribution in [0, 0.1) is 54.3 Å². The number of nitrogen functional groups attached to an aromatic ring is 5. The first-order valence-electron chi connectivity index (χ1n) is 34.7. The van der Waals surface area contributed by atoms with Gasteiger partial charge in [-0.15, -0.1) is 11.3 Å². The van der Waals surface area contributed by atoms with Gasteiger partial charge in [0.2, 0.25) is 0 Å². The van der Waals surface area contributed by atoms with Gasteiger partial charge in [0.25, 0.3) is 22.7 Å². The van der Waals surface area contributed by atoms with Gasteiger partial charge in [0, 0.05) is 131 Å². The summed E-state index contributed by atoms with van der Waals surface area (Å²) in [7, 11) is 0. The lowest BCUT2D eigenvalue weighted by Crippen LogP contribution is -1.98. The quantitative estimate of drug-likeness (QED) is 0.0303. The highest BCUT2D eigenvalue weighted by Crippen LogP contribution is 2.50. The number of halogens is 7. The lowest BCUT2D eigenvalue weighted by Gasteiger charge is -2.17. The minimum Gasteiger partial charge on any atom is -0.399 e. The number of nitro benzene ring substituents is 4. The highest BCUT2D eigenvalue weighted by atomic mass is 35.5. The first-order valence-corrected chi connectivity index (χ1v) is 41.5. The van der Waals surface area contributed by atoms with Gasteiger partial charge in [-0.1, -0.05) is 236 Å². The van der Waals surface area contributed by atoms with E-state index in [1.165, 1.54) is 64.6 Å². The molecule has 10 N–H and O–H groups in total. The molecule has 0 amide bonds. The van der Waals surface area contributed by atoms with Crippen LogP contribution in [0.2, 0.25) is 35.2 Å². The Morgan fingerprint density at radius 1 is 0.333 bits per heavy atom. The number of thiazole rings is 1. The van der Waals surface area contributed by atoms with Crippen LogP contribution in [0.1, 0.15) is 11.1 Å². The van der Waals surface area contributed by atoms with E-state index < -0.39 is 19.7 Å². The smallest absolute Gasteiger partial charge is 0.278 e. The van der Waals surface area contributed by atoms with Crippen LogP contribution in [-0.4, -0.2) is 24.7 Å². The Hall–Kier alpha value is -11.0. The summed E-state index contributed by atoms with van der Waals surface area (Å²) in [6, 6.07) is 80.2. The number of aromatic nitrogens is 1. The molecule has 0 spiro atoms. The van der Waals surface area contributed by atoms with Crippen molar-refractivity contribution in [2.45, 2.75) is 52.5 Å². The standard InChI is InChI=1S/C26H22Cl2N2S.C24H16Cl2N4O4S.C24H14Cl2N2O4S.C13H9ClN2S2/c1-15-9-11-23(17(13-15)25-19(27)5-3-7-21(25)29)31-24-12-10-16(2)14-18(24)26-20(28)6-4-8-22(26)30;25-13-7-9-15(19(11-13)29(31)32)17-3-1-5-21(23(17)27)35-22-6-2-4-18(24(22)28)16-10-8-14(26)12-20(16)30(33)34;25-23-19(15-7-11-17(12-8-15)27(29)30)3-1-5-21(23)33-22-6-2-4-20(24(22)26)16-9-13-18(14-10-16)28(31)32;14-9-7-8(15)5-6-11(9)17-13-16-10-3-1-2-4-12(10)18-13/h3-14H,29-30H2,1-2H3;1-12H,27-28H2;1-14H;1-7H,15H2. The SMILES string of the molecule is Cc1ccc(Sc2ccc(C)cc2-c2c(N)cccc2Cl)c(-c2c(N)cccc2Cl)c1.Nc1c(Sc2cccc(-c3ccc(Cl)cc3[N+](=O)[O-])c2N)cccc1-c1ccc(Cl)cc1[N+](=O)[O-].Nc1ccc(Sc2nc3ccccc3s2)c(Cl)c1.O=[N+]([O-])c1ccc(-c2cccc(Sc3cccc(-c4ccc([N+](=O)[O-])cc4)c3Cl)c2Cl)cc1. The fraction of sp³-hybridized carbons (Fsp3) is 0.0230. The van der Waals surface area contributed by atoms with Gasteiger partial charge in [-0.25, -0.2) is 4.98 Å². The maximum Gasteiger partial charge on any atom is 0.278 e. The molecule has 0 aliphatic rings. The summed E-state index contributed by atoms with van der Waals surface area (Å²) in [6.45, 7) is 4.12. The summed E-state index contributed by atoms with van der Waals surface area (Å²) in [5.41, 5.74) is 45.1. The van der Waals surface area contributed by atoms with Crippen LogP contribution in [0.3, 0.4) is 0 Å². The number of hydrogen-bond acceptors (Lipinski definition) is 19. The van der Waals surface area contributed by atoms with E-state index in [-0.39, 0.29) is 32.8 Å². The third kappa shape index (κ3) is 20.5. The second-order valence-corrected chi connectivity index (χ2v) is 34.0. The number of rotatable bonds is 18. The zero-order valence-corrected chi connectivity index (χ0v) is 70.4. The fourth-order valence-corrected chi connectivity index (χ4v) is 19.0. The molecule has 1 aromatic heterocycles. The van der Waals surface area contributed by atoms with Crippen molar-refractivity contribution in [1.82, 2.24) is 4.98 Å². The number of hydrogen-bond donors (Lipinski definition) is 5. The second-order valence-electron chi connectivity index (χ2n) is 25.6. The van der Waals surface area contributed by atoms with E-state index >= 15 is 0 Å². The highest BCUT2D eigenvalue weighted by Gasteiger charge is 2.25. The Morgan fingerprint density at radius 3 is 1.15 bits per heavy atom. The average Bonchev–Trinajstić information content (AvgIpc) is 1.48. The van der Waals surface area contributed by atoms with E-state index in [2.05, 4.69) is 61.3 Å². The van der Waals surface area contributed by atoms with Gasteiger partial charge in [-0.3, -0.25) is 40.5 Å². The van der Waals surface area contributed by atoms with E-state index in [4.69, 9.17) is 110 Å². The molecular weight excluding hydrogens is 1720 g/mol. The Kier molecular flexibility index (Phi) is 28.0. The molecule has 0 aliphatic heterocycles. The highest BCUT2D eigenvalue weighted by molar-refractivity contribution is 8.01. The van der Waals surface area contributed by atoms with Crippen molar-refractivity contribution in [3.05, 3.63) is 360 Å². The molecule has 586 valence electrons. The molecule has 1 heterocycles. The van der Waals surface area contributed by atoms with Crippen LogP contribution in [0.15, 0.2) is 312 Å². The summed E-state index contributed by atoms with van der Waals surface area (Å²) < 4.78 is 2.18. The number of benzene rings is 14. The molecule has 0 unspecified atom stereocenters. The normalized spacial score (nSPS) is 10.8. The minimum atomic E-state index is -0.513. The Morgan fingerprint density at radius 2 is 0.735 bits per heavy atom. The number of nitrogens with zero attached hydrogens (tertiary/aromatic N) is 5. The van der Waals surface area contributed by atoms with Gasteiger partial charge < -0.3 is 28.7 Å². The number of aryl methyl sites for hydroxylation is 2. The van der Waals surface area contributed by atoms with Gasteiger partial charge in [-0.05, 0) is 176 Å². The summed E-state index contributed by atoms with van der Waals surface area (Å²) >= 11 is 52.1. The van der Waals surface area contributed by atoms with Crippen molar-refractivity contribution in [3.8, 4) is 66.8 Å². The van der Waals surface area contributed by atoms with Crippen LogP contribution in [-0.2, 0) is 0 Å². The van der Waals surface area contributed by atoms with Crippen molar-refractivity contribution in [2.24, 2.45) is 0 Å². The number of para-hydroxylation sites is 3. The summed E-state index contributed by atoms with van der Waals surface area (Å²) in [4.78, 5) is 53.5. The lowest BCUT2D eigenvalue weighted by atomic mass is 10.0. The molecule has 0 saturated heterocycles. The van der Waals surface area contributed by atoms with E-state index in [9.17, 15) is 40.5 Å². The largest absolute Gasteiger partial charge is 0.399 e. The Bertz CT molecular complexity index is 5960. The maximum atomic E-state index is 11.6. The van der Waals surface area contributed by atoms with Gasteiger partial charge in [-0.2, -0.15) is 0 Å². The summed E-state index contributed by atoms with van der Waals surface area (Å²) in [6.07, 6.45) is 0. The van der Waals surface area contributed by atoms with Gasteiger partial charge >= 0.3 is 0 Å². The van der Waals surface area contributed by atoms with Crippen LogP contribution in [0.25, 0.3) is 77.0 Å². The van der Waals surface area contributed by atoms with Gasteiger partial charge in [0.15, 0.2) is 4.34 Å². The maximum absolute atomic E-state index is 11.6. The van der Waals surface area contributed by atoms with Gasteiger partial charge in [0.05, 0.1) is 77.5 Å². The van der Waals surface area contributed by atoms with Crippen molar-refractivity contribution >= 4 is 201 Å². The average molecular weight is 1780 g/mol. The topological polar surface area (TPSA) is 316 Å². The van der Waals surface area contributed by atoms with E-state index in [1.54, 1.807) is 126 Å². The van der Waals surface area contributed by atoms with Crippen LogP contribution >= 0.6 is 140 Å². The number of nitrogens with two attached hydrogens (primary N) is 5. The zero-order valence-electron chi connectivity index (χ0n) is 61.1. The van der Waals surface area contributed by atoms with E-state index in [0.29, 0.717) is 85.6 Å². The van der Waals surface area contributed by atoms with Crippen molar-refractivity contribution in [1.29, 1.82) is 0 Å². The molecule has 0 saturated carbocycles. The summed E-state index contributed by atoms with van der Waals surface area (Å²) in [5, 5.41) is 48.4. The van der Waals surface area contributed by atoms with E-state index in [0.717, 1.165) is 90.0 Å². The third-order valence-corrected chi connectivity index (χ3v) is 25.9. The van der Waals surface area contributed by atoms with Crippen LogP contribution in [0.4, 0.5) is 51.2 Å². The van der Waals surface area contributed by atoms with Crippen molar-refractivity contribution in [2.75, 3.05) is 28.7 Å². The molecule has 0 aliphatic carbocycles. The molecule has 0 radical (unpaired) electrons.